The third-order valence-electron chi connectivity index (χ3n) is 4.10. The van der Waals surface area contributed by atoms with Gasteiger partial charge in [0.2, 0.25) is 11.8 Å². The molecule has 1 aliphatic heterocycles. The van der Waals surface area contributed by atoms with Gasteiger partial charge in [-0.1, -0.05) is 6.07 Å². The van der Waals surface area contributed by atoms with Gasteiger partial charge in [0.1, 0.15) is 5.92 Å². The highest BCUT2D eigenvalue weighted by Gasteiger charge is 2.38. The van der Waals surface area contributed by atoms with Gasteiger partial charge in [-0.25, -0.2) is 0 Å². The van der Waals surface area contributed by atoms with Crippen LogP contribution in [0.2, 0.25) is 0 Å². The molecule has 120 valence electrons. The van der Waals surface area contributed by atoms with E-state index in [-0.39, 0.29) is 11.8 Å². The lowest BCUT2D eigenvalue weighted by atomic mass is 10.1. The Morgan fingerprint density at radius 2 is 1.95 bits per heavy atom. The highest BCUT2D eigenvalue weighted by atomic mass is 16.2. The highest BCUT2D eigenvalue weighted by Crippen LogP contribution is 2.27. The molecule has 0 spiro atoms. The van der Waals surface area contributed by atoms with Crippen LogP contribution in [-0.4, -0.2) is 50.4 Å². The molecule has 1 atom stereocenters. The molecule has 0 saturated carbocycles. The molecule has 2 rings (SSSR count). The van der Waals surface area contributed by atoms with Crippen molar-refractivity contribution in [2.75, 3.05) is 38.6 Å². The summed E-state index contributed by atoms with van der Waals surface area (Å²) in [6.07, 6.45) is 0.592. The van der Waals surface area contributed by atoms with E-state index in [2.05, 4.69) is 11.4 Å². The minimum atomic E-state index is -0.539. The first-order chi connectivity index (χ1) is 10.4. The number of carbonyl (C=O) groups is 2. The maximum atomic E-state index is 12.6. The first kappa shape index (κ1) is 16.5. The van der Waals surface area contributed by atoms with E-state index in [0.717, 1.165) is 23.4 Å². The van der Waals surface area contributed by atoms with Crippen molar-refractivity contribution in [1.29, 1.82) is 0 Å². The van der Waals surface area contributed by atoms with Gasteiger partial charge in [0.15, 0.2) is 0 Å². The molecule has 1 unspecified atom stereocenters. The van der Waals surface area contributed by atoms with Crippen molar-refractivity contribution in [3.05, 3.63) is 29.3 Å². The van der Waals surface area contributed by atoms with Crippen LogP contribution in [0.4, 0.5) is 5.69 Å². The molecule has 1 N–H and O–H groups in total. The lowest BCUT2D eigenvalue weighted by Gasteiger charge is -2.21. The van der Waals surface area contributed by atoms with Gasteiger partial charge < -0.3 is 15.1 Å². The van der Waals surface area contributed by atoms with Crippen molar-refractivity contribution in [2.45, 2.75) is 20.3 Å². The molecule has 0 bridgehead atoms. The van der Waals surface area contributed by atoms with E-state index >= 15 is 0 Å². The van der Waals surface area contributed by atoms with Crippen molar-refractivity contribution < 1.29 is 9.59 Å². The van der Waals surface area contributed by atoms with Crippen molar-refractivity contribution in [3.8, 4) is 0 Å². The van der Waals surface area contributed by atoms with Crippen LogP contribution in [0.5, 0.6) is 0 Å². The Bertz CT molecular complexity index is 551. The van der Waals surface area contributed by atoms with E-state index in [1.807, 2.05) is 33.0 Å². The summed E-state index contributed by atoms with van der Waals surface area (Å²) < 4.78 is 0. The maximum Gasteiger partial charge on any atom is 0.239 e. The van der Waals surface area contributed by atoms with Crippen molar-refractivity contribution in [2.24, 2.45) is 5.92 Å². The summed E-state index contributed by atoms with van der Waals surface area (Å²) in [6.45, 7) is 5.99. The van der Waals surface area contributed by atoms with Crippen LogP contribution in [0, 0.1) is 19.8 Å². The van der Waals surface area contributed by atoms with Crippen LogP contribution < -0.4 is 10.2 Å². The minimum Gasteiger partial charge on any atom is -0.344 e. The Hall–Kier alpha value is -1.88. The predicted molar refractivity (Wildman–Crippen MR) is 87.9 cm³/mol. The van der Waals surface area contributed by atoms with E-state index in [4.69, 9.17) is 0 Å². The summed E-state index contributed by atoms with van der Waals surface area (Å²) in [5.74, 6) is -0.693. The number of likely N-dealkylation sites (N-methyl/N-ethyl adjacent to an activating group) is 2. The maximum absolute atomic E-state index is 12.6. The second kappa shape index (κ2) is 6.92. The lowest BCUT2D eigenvalue weighted by molar-refractivity contribution is -0.138. The molecule has 1 fully saturated rings. The Labute approximate surface area is 132 Å². The summed E-state index contributed by atoms with van der Waals surface area (Å²) in [7, 11) is 3.60. The van der Waals surface area contributed by atoms with E-state index in [1.165, 1.54) is 0 Å². The number of anilines is 1. The highest BCUT2D eigenvalue weighted by molar-refractivity contribution is 6.09. The molecule has 1 aliphatic rings. The Balaban J connectivity index is 2.10. The number of hydrogen-bond donors (Lipinski definition) is 1. The molecule has 22 heavy (non-hydrogen) atoms. The van der Waals surface area contributed by atoms with Gasteiger partial charge in [0, 0.05) is 32.4 Å². The number of nitrogens with zero attached hydrogens (tertiary/aromatic N) is 2. The van der Waals surface area contributed by atoms with Crippen molar-refractivity contribution >= 4 is 17.5 Å². The number of nitrogens with one attached hydrogen (secondary N) is 1. The molecule has 5 heteroatoms. The first-order valence-corrected chi connectivity index (χ1v) is 7.73. The average molecular weight is 303 g/mol. The summed E-state index contributed by atoms with van der Waals surface area (Å²) in [5.41, 5.74) is 3.16. The predicted octanol–water partition coefficient (Wildman–Crippen LogP) is 1.33. The van der Waals surface area contributed by atoms with Crippen molar-refractivity contribution in [3.63, 3.8) is 0 Å². The molecular weight excluding hydrogens is 278 g/mol. The smallest absolute Gasteiger partial charge is 0.239 e. The van der Waals surface area contributed by atoms with Gasteiger partial charge in [-0.3, -0.25) is 9.59 Å². The third-order valence-corrected chi connectivity index (χ3v) is 4.10. The Kier molecular flexibility index (Phi) is 5.19. The number of benzene rings is 1. The molecule has 5 nitrogen and oxygen atoms in total. The van der Waals surface area contributed by atoms with Crippen LogP contribution in [-0.2, 0) is 9.59 Å². The molecule has 1 heterocycles. The standard InChI is InChI=1S/C17H25N3O2/c1-12-9-13(2)11-14(10-12)20-7-5-15(17(20)22)16(21)19(4)8-6-18-3/h9-11,15,18H,5-8H2,1-4H3. The van der Waals surface area contributed by atoms with Crippen LogP contribution in [0.1, 0.15) is 17.5 Å². The topological polar surface area (TPSA) is 52.7 Å². The summed E-state index contributed by atoms with van der Waals surface area (Å²) in [5, 5.41) is 3.01. The number of carbonyl (C=O) groups excluding carboxylic acids is 2. The van der Waals surface area contributed by atoms with Crippen LogP contribution in [0.15, 0.2) is 18.2 Å². The number of amides is 2. The monoisotopic (exact) mass is 303 g/mol. The Morgan fingerprint density at radius 1 is 1.32 bits per heavy atom. The lowest BCUT2D eigenvalue weighted by Crippen LogP contribution is -2.40. The zero-order valence-electron chi connectivity index (χ0n) is 13.8. The van der Waals surface area contributed by atoms with Gasteiger partial charge >= 0.3 is 0 Å². The third kappa shape index (κ3) is 3.47. The zero-order chi connectivity index (χ0) is 16.3. The fourth-order valence-electron chi connectivity index (χ4n) is 2.93. The first-order valence-electron chi connectivity index (χ1n) is 7.73. The Morgan fingerprint density at radius 3 is 2.55 bits per heavy atom. The molecule has 1 aromatic carbocycles. The van der Waals surface area contributed by atoms with Crippen molar-refractivity contribution in [1.82, 2.24) is 10.2 Å². The second-order valence-corrected chi connectivity index (χ2v) is 6.04. The molecule has 2 amide bonds. The molecular formula is C17H25N3O2. The molecule has 0 aromatic heterocycles. The van der Waals surface area contributed by atoms with E-state index in [9.17, 15) is 9.59 Å². The van der Waals surface area contributed by atoms with Gasteiger partial charge in [-0.2, -0.15) is 0 Å². The summed E-state index contributed by atoms with van der Waals surface area (Å²) >= 11 is 0. The summed E-state index contributed by atoms with van der Waals surface area (Å²) in [6, 6.07) is 6.09. The van der Waals surface area contributed by atoms with E-state index in [0.29, 0.717) is 19.5 Å². The largest absolute Gasteiger partial charge is 0.344 e. The van der Waals surface area contributed by atoms with Gasteiger partial charge in [-0.05, 0) is 50.6 Å². The SMILES string of the molecule is CNCCN(C)C(=O)C1CCN(c2cc(C)cc(C)c2)C1=O. The van der Waals surface area contributed by atoms with Crippen LogP contribution in [0.3, 0.4) is 0 Å². The van der Waals surface area contributed by atoms with Gasteiger partial charge in [0.05, 0.1) is 0 Å². The number of rotatable bonds is 5. The zero-order valence-corrected chi connectivity index (χ0v) is 13.8. The molecule has 0 radical (unpaired) electrons. The fraction of sp³-hybridized carbons (Fsp3) is 0.529. The van der Waals surface area contributed by atoms with Crippen LogP contribution >= 0.6 is 0 Å². The molecule has 0 aliphatic carbocycles. The van der Waals surface area contributed by atoms with E-state index in [1.54, 1.807) is 16.8 Å². The van der Waals surface area contributed by atoms with Gasteiger partial charge in [0.25, 0.3) is 0 Å². The second-order valence-electron chi connectivity index (χ2n) is 6.04. The van der Waals surface area contributed by atoms with Gasteiger partial charge in [-0.15, -0.1) is 0 Å². The normalized spacial score (nSPS) is 17.9. The number of aryl methyl sites for hydroxylation is 2. The molecule has 1 aromatic rings. The molecule has 1 saturated heterocycles. The quantitative estimate of drug-likeness (QED) is 0.835. The number of hydrogen-bond acceptors (Lipinski definition) is 3. The van der Waals surface area contributed by atoms with E-state index < -0.39 is 5.92 Å². The summed E-state index contributed by atoms with van der Waals surface area (Å²) in [4.78, 5) is 28.4. The fourth-order valence-corrected chi connectivity index (χ4v) is 2.93. The minimum absolute atomic E-state index is 0.0767. The average Bonchev–Trinajstić information content (AvgIpc) is 2.84. The van der Waals surface area contributed by atoms with Crippen LogP contribution in [0.25, 0.3) is 0 Å².